The molecule has 0 spiro atoms. The van der Waals surface area contributed by atoms with Crippen LogP contribution in [0.15, 0.2) is 18.2 Å². The van der Waals surface area contributed by atoms with Crippen LogP contribution in [0, 0.1) is 18.8 Å². The topological polar surface area (TPSA) is 54.9 Å². The van der Waals surface area contributed by atoms with Crippen molar-refractivity contribution in [3.63, 3.8) is 0 Å². The summed E-state index contributed by atoms with van der Waals surface area (Å²) in [6.07, 6.45) is 6.43. The molecule has 4 aliphatic rings. The molecule has 5 heterocycles. The number of fused-ring (bicyclic) bond motifs is 6. The zero-order valence-corrected chi connectivity index (χ0v) is 18.5. The van der Waals surface area contributed by atoms with E-state index in [0.717, 1.165) is 73.3 Å². The molecule has 1 aromatic carbocycles. The zero-order chi connectivity index (χ0) is 21.1. The van der Waals surface area contributed by atoms with Gasteiger partial charge in [-0.05, 0) is 56.6 Å². The largest absolute Gasteiger partial charge is 0.454 e. The van der Waals surface area contributed by atoms with Gasteiger partial charge < -0.3 is 19.3 Å². The molecule has 164 valence electrons. The molecule has 0 unspecified atom stereocenters. The highest BCUT2D eigenvalue weighted by Crippen LogP contribution is 2.46. The summed E-state index contributed by atoms with van der Waals surface area (Å²) in [5.74, 6) is 3.08. The standard InChI is InChI=1S/C25H31N3O3/c1-3-5-20-16-9-17(21-6-4-7-25(29)28(20)21)13-27(12-16)22-8-15(2)26-19-11-24-23(10-18(19)22)30-14-31-24/h8,10-11,16-17,20-21H,3-7,9,12-14H2,1-2H3/t16-,17+,20-,21-/m0/s1. The number of piperidine rings is 3. The molecule has 3 fully saturated rings. The number of hydrogen-bond donors (Lipinski definition) is 0. The van der Waals surface area contributed by atoms with Gasteiger partial charge in [0.05, 0.1) is 5.52 Å². The van der Waals surface area contributed by atoms with Crippen molar-refractivity contribution < 1.29 is 14.3 Å². The van der Waals surface area contributed by atoms with E-state index in [1.54, 1.807) is 0 Å². The van der Waals surface area contributed by atoms with Gasteiger partial charge in [-0.2, -0.15) is 0 Å². The molecule has 31 heavy (non-hydrogen) atoms. The number of rotatable bonds is 3. The van der Waals surface area contributed by atoms with Crippen molar-refractivity contribution in [3.8, 4) is 11.5 Å². The van der Waals surface area contributed by atoms with Crippen LogP contribution in [0.5, 0.6) is 11.5 Å². The van der Waals surface area contributed by atoms with E-state index in [1.807, 2.05) is 6.07 Å². The number of carbonyl (C=O) groups is 1. The molecule has 4 aliphatic heterocycles. The second-order valence-electron chi connectivity index (χ2n) is 9.78. The van der Waals surface area contributed by atoms with Crippen LogP contribution in [0.1, 0.15) is 51.1 Å². The monoisotopic (exact) mass is 421 g/mol. The summed E-state index contributed by atoms with van der Waals surface area (Å²) < 4.78 is 11.3. The Morgan fingerprint density at radius 2 is 1.94 bits per heavy atom. The number of carbonyl (C=O) groups excluding carboxylic acids is 1. The normalized spacial score (nSPS) is 29.4. The smallest absolute Gasteiger partial charge is 0.231 e. The molecule has 4 atom stereocenters. The lowest BCUT2D eigenvalue weighted by molar-refractivity contribution is -0.149. The van der Waals surface area contributed by atoms with Crippen LogP contribution in [0.25, 0.3) is 10.9 Å². The summed E-state index contributed by atoms with van der Waals surface area (Å²) in [6, 6.07) is 7.14. The number of benzene rings is 1. The van der Waals surface area contributed by atoms with Gasteiger partial charge in [0.15, 0.2) is 11.5 Å². The fraction of sp³-hybridized carbons (Fsp3) is 0.600. The van der Waals surface area contributed by atoms with Crippen molar-refractivity contribution in [1.29, 1.82) is 0 Å². The number of anilines is 1. The van der Waals surface area contributed by atoms with Gasteiger partial charge in [-0.3, -0.25) is 9.78 Å². The maximum Gasteiger partial charge on any atom is 0.231 e. The molecule has 2 aromatic rings. The summed E-state index contributed by atoms with van der Waals surface area (Å²) in [5.41, 5.74) is 3.24. The van der Waals surface area contributed by atoms with Gasteiger partial charge in [0.2, 0.25) is 12.7 Å². The minimum atomic E-state index is 0.276. The van der Waals surface area contributed by atoms with Crippen molar-refractivity contribution in [2.24, 2.45) is 11.8 Å². The Morgan fingerprint density at radius 1 is 1.13 bits per heavy atom. The molecule has 2 bridgehead atoms. The predicted molar refractivity (Wildman–Crippen MR) is 120 cm³/mol. The van der Waals surface area contributed by atoms with Crippen LogP contribution in [0.2, 0.25) is 0 Å². The second kappa shape index (κ2) is 7.28. The first-order chi connectivity index (χ1) is 15.1. The van der Waals surface area contributed by atoms with Gasteiger partial charge in [0, 0.05) is 54.4 Å². The Morgan fingerprint density at radius 3 is 2.77 bits per heavy atom. The fourth-order valence-electron chi connectivity index (χ4n) is 6.63. The number of nitrogens with zero attached hydrogens (tertiary/aromatic N) is 3. The van der Waals surface area contributed by atoms with Gasteiger partial charge >= 0.3 is 0 Å². The lowest BCUT2D eigenvalue weighted by atomic mass is 9.71. The number of aryl methyl sites for hydroxylation is 1. The van der Waals surface area contributed by atoms with Crippen molar-refractivity contribution in [2.45, 2.75) is 64.5 Å². The predicted octanol–water partition coefficient (Wildman–Crippen LogP) is 4.28. The molecule has 6 rings (SSSR count). The first-order valence-electron chi connectivity index (χ1n) is 11.9. The highest BCUT2D eigenvalue weighted by molar-refractivity contribution is 5.94. The summed E-state index contributed by atoms with van der Waals surface area (Å²) in [4.78, 5) is 22.6. The molecule has 1 aromatic heterocycles. The molecular weight excluding hydrogens is 390 g/mol. The van der Waals surface area contributed by atoms with E-state index in [-0.39, 0.29) is 6.79 Å². The Bertz CT molecular complexity index is 1040. The molecule has 0 saturated carbocycles. The van der Waals surface area contributed by atoms with Crippen molar-refractivity contribution in [3.05, 3.63) is 23.9 Å². The van der Waals surface area contributed by atoms with E-state index in [0.29, 0.717) is 29.8 Å². The van der Waals surface area contributed by atoms with Crippen molar-refractivity contribution in [1.82, 2.24) is 9.88 Å². The second-order valence-corrected chi connectivity index (χ2v) is 9.78. The number of aromatic nitrogens is 1. The van der Waals surface area contributed by atoms with Crippen LogP contribution in [-0.2, 0) is 4.79 Å². The number of pyridine rings is 1. The third kappa shape index (κ3) is 3.06. The van der Waals surface area contributed by atoms with E-state index in [1.165, 1.54) is 12.1 Å². The first-order valence-corrected chi connectivity index (χ1v) is 11.9. The molecule has 6 heteroatoms. The fourth-order valence-corrected chi connectivity index (χ4v) is 6.63. The van der Waals surface area contributed by atoms with Gasteiger partial charge in [-0.1, -0.05) is 13.3 Å². The quantitative estimate of drug-likeness (QED) is 0.741. The Hall–Kier alpha value is -2.50. The molecule has 1 amide bonds. The lowest BCUT2D eigenvalue weighted by Crippen LogP contribution is -2.65. The van der Waals surface area contributed by atoms with Gasteiger partial charge in [0.1, 0.15) is 0 Å². The number of amides is 1. The average Bonchev–Trinajstić information content (AvgIpc) is 3.22. The maximum absolute atomic E-state index is 12.9. The van der Waals surface area contributed by atoms with Gasteiger partial charge in [-0.15, -0.1) is 0 Å². The Balaban J connectivity index is 1.40. The SMILES string of the molecule is CCC[C@H]1[C@H]2C[C@H](CN(c3cc(C)nc4cc5c(cc34)OCO5)C2)[C@@H]2CCCC(=O)N21. The van der Waals surface area contributed by atoms with Crippen LogP contribution in [0.4, 0.5) is 5.69 Å². The zero-order valence-electron chi connectivity index (χ0n) is 18.5. The average molecular weight is 422 g/mol. The number of hydrogen-bond acceptors (Lipinski definition) is 5. The van der Waals surface area contributed by atoms with Crippen LogP contribution >= 0.6 is 0 Å². The van der Waals surface area contributed by atoms with E-state index in [9.17, 15) is 4.79 Å². The van der Waals surface area contributed by atoms with Gasteiger partial charge in [-0.25, -0.2) is 0 Å². The van der Waals surface area contributed by atoms with E-state index >= 15 is 0 Å². The summed E-state index contributed by atoms with van der Waals surface area (Å²) >= 11 is 0. The highest BCUT2D eigenvalue weighted by atomic mass is 16.7. The molecule has 0 N–H and O–H groups in total. The summed E-state index contributed by atoms with van der Waals surface area (Å²) in [5, 5.41) is 1.14. The van der Waals surface area contributed by atoms with E-state index in [2.05, 4.69) is 35.8 Å². The van der Waals surface area contributed by atoms with Crippen molar-refractivity contribution in [2.75, 3.05) is 24.8 Å². The first kappa shape index (κ1) is 19.2. The van der Waals surface area contributed by atoms with Crippen LogP contribution < -0.4 is 14.4 Å². The molecule has 3 saturated heterocycles. The minimum absolute atomic E-state index is 0.276. The van der Waals surface area contributed by atoms with E-state index < -0.39 is 0 Å². The summed E-state index contributed by atoms with van der Waals surface area (Å²) in [7, 11) is 0. The Labute approximate surface area is 183 Å². The van der Waals surface area contributed by atoms with Crippen molar-refractivity contribution >= 4 is 22.5 Å². The lowest BCUT2D eigenvalue weighted by Gasteiger charge is -2.57. The Kier molecular flexibility index (Phi) is 4.51. The van der Waals surface area contributed by atoms with E-state index in [4.69, 9.17) is 14.5 Å². The number of ether oxygens (including phenoxy) is 2. The third-order valence-electron chi connectivity index (χ3n) is 7.83. The molecule has 6 nitrogen and oxygen atoms in total. The molecular formula is C25H31N3O3. The minimum Gasteiger partial charge on any atom is -0.454 e. The maximum atomic E-state index is 12.9. The third-order valence-corrected chi connectivity index (χ3v) is 7.83. The molecule has 0 radical (unpaired) electrons. The van der Waals surface area contributed by atoms with Crippen LogP contribution in [0.3, 0.4) is 0 Å². The molecule has 0 aliphatic carbocycles. The van der Waals surface area contributed by atoms with Gasteiger partial charge in [0.25, 0.3) is 0 Å². The summed E-state index contributed by atoms with van der Waals surface area (Å²) in [6.45, 7) is 6.61. The van der Waals surface area contributed by atoms with Crippen LogP contribution in [-0.4, -0.2) is 47.8 Å². The highest BCUT2D eigenvalue weighted by Gasteiger charge is 2.49.